The third-order valence-corrected chi connectivity index (χ3v) is 6.37. The zero-order valence-electron chi connectivity index (χ0n) is 22.0. The van der Waals surface area contributed by atoms with Crippen molar-refractivity contribution in [2.24, 2.45) is 0 Å². The number of alkyl halides is 3. The summed E-state index contributed by atoms with van der Waals surface area (Å²) < 4.78 is 43.8. The largest absolute Gasteiger partial charge is 0.508 e. The number of nitrogens with zero attached hydrogens (tertiary/aromatic N) is 2. The second-order valence-corrected chi connectivity index (χ2v) is 9.42. The number of ether oxygens (including phenoxy) is 1. The van der Waals surface area contributed by atoms with E-state index in [2.05, 4.69) is 48.2 Å². The molecule has 0 aliphatic carbocycles. The molecule has 0 bridgehead atoms. The smallest absolute Gasteiger partial charge is 0.490 e. The molecule has 5 rings (SSSR count). The molecule has 2 heterocycles. The predicted molar refractivity (Wildman–Crippen MR) is 144 cm³/mol. The van der Waals surface area contributed by atoms with Crippen molar-refractivity contribution in [1.82, 2.24) is 10.1 Å². The van der Waals surface area contributed by atoms with E-state index in [-0.39, 0.29) is 11.9 Å². The van der Waals surface area contributed by atoms with Crippen molar-refractivity contribution in [2.45, 2.75) is 32.5 Å². The fourth-order valence-electron chi connectivity index (χ4n) is 4.38. The SMILES string of the molecule is CCCN1CC(Oc2ccc(-c3c(-c4ccccc4C)noc3-c3ccc(O)cc3)cc2)C1.O=C(O)C(F)(F)F. The van der Waals surface area contributed by atoms with Crippen LogP contribution in [0, 0.1) is 6.92 Å². The molecule has 0 saturated carbocycles. The number of carboxylic acid groups (broad SMARTS) is 1. The number of aryl methyl sites for hydroxylation is 1. The molecular weight excluding hydrogens is 525 g/mol. The first-order valence-electron chi connectivity index (χ1n) is 12.7. The molecule has 0 spiro atoms. The molecule has 40 heavy (non-hydrogen) atoms. The first kappa shape index (κ1) is 28.7. The molecule has 10 heteroatoms. The molecule has 0 atom stereocenters. The van der Waals surface area contributed by atoms with Gasteiger partial charge in [-0.2, -0.15) is 13.2 Å². The number of likely N-dealkylation sites (tertiary alicyclic amines) is 1. The first-order chi connectivity index (χ1) is 19.1. The van der Waals surface area contributed by atoms with Crippen LogP contribution in [0.5, 0.6) is 11.5 Å². The lowest BCUT2D eigenvalue weighted by molar-refractivity contribution is -0.192. The molecule has 0 radical (unpaired) electrons. The van der Waals surface area contributed by atoms with Gasteiger partial charge in [0.1, 0.15) is 23.3 Å². The normalized spacial score (nSPS) is 13.7. The van der Waals surface area contributed by atoms with E-state index in [0.29, 0.717) is 5.76 Å². The average Bonchev–Trinajstić information content (AvgIpc) is 3.33. The fourth-order valence-corrected chi connectivity index (χ4v) is 4.38. The summed E-state index contributed by atoms with van der Waals surface area (Å²) in [7, 11) is 0. The van der Waals surface area contributed by atoms with Crippen molar-refractivity contribution in [1.29, 1.82) is 0 Å². The molecule has 0 amide bonds. The number of phenols is 1. The van der Waals surface area contributed by atoms with Gasteiger partial charge in [-0.05, 0) is 67.4 Å². The Morgan fingerprint density at radius 1 is 1.02 bits per heavy atom. The Hall–Kier alpha value is -4.31. The van der Waals surface area contributed by atoms with Crippen LogP contribution in [0.1, 0.15) is 18.9 Å². The van der Waals surface area contributed by atoms with Crippen LogP contribution in [0.4, 0.5) is 13.2 Å². The van der Waals surface area contributed by atoms with Crippen LogP contribution in [-0.2, 0) is 4.79 Å². The van der Waals surface area contributed by atoms with Crippen LogP contribution in [-0.4, -0.2) is 58.2 Å². The Labute approximate surface area is 229 Å². The van der Waals surface area contributed by atoms with E-state index in [0.717, 1.165) is 58.9 Å². The van der Waals surface area contributed by atoms with Crippen molar-refractivity contribution >= 4 is 5.97 Å². The van der Waals surface area contributed by atoms with Crippen molar-refractivity contribution in [3.05, 3.63) is 78.4 Å². The lowest BCUT2D eigenvalue weighted by Gasteiger charge is -2.38. The molecule has 1 aliphatic rings. The van der Waals surface area contributed by atoms with Gasteiger partial charge in [0.05, 0.1) is 5.56 Å². The quantitative estimate of drug-likeness (QED) is 0.260. The maximum absolute atomic E-state index is 10.6. The Morgan fingerprint density at radius 3 is 2.20 bits per heavy atom. The number of aliphatic carboxylic acids is 1. The zero-order chi connectivity index (χ0) is 28.9. The van der Waals surface area contributed by atoms with Gasteiger partial charge in [0.2, 0.25) is 0 Å². The summed E-state index contributed by atoms with van der Waals surface area (Å²) in [4.78, 5) is 11.3. The summed E-state index contributed by atoms with van der Waals surface area (Å²) in [5.41, 5.74) is 5.77. The predicted octanol–water partition coefficient (Wildman–Crippen LogP) is 6.80. The van der Waals surface area contributed by atoms with Gasteiger partial charge in [0.25, 0.3) is 0 Å². The van der Waals surface area contributed by atoms with Gasteiger partial charge < -0.3 is 19.5 Å². The minimum Gasteiger partial charge on any atom is -0.508 e. The van der Waals surface area contributed by atoms with Gasteiger partial charge in [0, 0.05) is 24.2 Å². The summed E-state index contributed by atoms with van der Waals surface area (Å²) in [6.45, 7) is 7.39. The van der Waals surface area contributed by atoms with Crippen molar-refractivity contribution in [2.75, 3.05) is 19.6 Å². The van der Waals surface area contributed by atoms with Gasteiger partial charge in [0.15, 0.2) is 5.76 Å². The molecule has 1 aromatic heterocycles. The summed E-state index contributed by atoms with van der Waals surface area (Å²) in [6, 6.07) is 23.4. The minimum absolute atomic E-state index is 0.217. The van der Waals surface area contributed by atoms with Crippen LogP contribution in [0.25, 0.3) is 33.7 Å². The van der Waals surface area contributed by atoms with Crippen LogP contribution in [0.15, 0.2) is 77.3 Å². The summed E-state index contributed by atoms with van der Waals surface area (Å²) >= 11 is 0. The van der Waals surface area contributed by atoms with Crippen molar-refractivity contribution in [3.8, 4) is 45.2 Å². The van der Waals surface area contributed by atoms with Gasteiger partial charge in [-0.25, -0.2) is 4.79 Å². The monoisotopic (exact) mass is 554 g/mol. The molecule has 7 nitrogen and oxygen atoms in total. The molecule has 0 unspecified atom stereocenters. The Bertz CT molecular complexity index is 1430. The van der Waals surface area contributed by atoms with Crippen LogP contribution < -0.4 is 4.74 Å². The molecular formula is C30H29F3N2O5. The molecule has 210 valence electrons. The number of carboxylic acids is 1. The summed E-state index contributed by atoms with van der Waals surface area (Å²) in [5.74, 6) is -0.988. The highest BCUT2D eigenvalue weighted by atomic mass is 19.4. The molecule has 2 N–H and O–H groups in total. The van der Waals surface area contributed by atoms with Gasteiger partial charge in [-0.3, -0.25) is 4.90 Å². The van der Waals surface area contributed by atoms with E-state index in [1.165, 1.54) is 6.42 Å². The molecule has 4 aromatic rings. The molecule has 3 aromatic carbocycles. The molecule has 1 aliphatic heterocycles. The average molecular weight is 555 g/mol. The van der Waals surface area contributed by atoms with E-state index in [1.54, 1.807) is 12.1 Å². The van der Waals surface area contributed by atoms with Gasteiger partial charge >= 0.3 is 12.1 Å². The molecule has 1 saturated heterocycles. The fraction of sp³-hybridized carbons (Fsp3) is 0.267. The number of hydrogen-bond donors (Lipinski definition) is 2. The van der Waals surface area contributed by atoms with E-state index < -0.39 is 12.1 Å². The van der Waals surface area contributed by atoms with Crippen molar-refractivity contribution < 1.29 is 37.4 Å². The zero-order valence-corrected chi connectivity index (χ0v) is 22.0. The maximum atomic E-state index is 10.6. The second-order valence-electron chi connectivity index (χ2n) is 9.42. The standard InChI is InChI=1S/C28H28N2O3.C2HF3O2/c1-3-16-30-17-24(18-30)32-23-14-10-20(11-15-23)26-27(25-7-5-4-6-19(25)2)29-33-28(26)21-8-12-22(31)13-9-21;3-2(4,5)1(6)7/h4-15,24,31H,3,16-18H2,1-2H3;(H,6,7). The number of aromatic hydroxyl groups is 1. The number of aromatic nitrogens is 1. The van der Waals surface area contributed by atoms with Crippen molar-refractivity contribution in [3.63, 3.8) is 0 Å². The number of phenolic OH excluding ortho intramolecular Hbond substituents is 1. The van der Waals surface area contributed by atoms with E-state index >= 15 is 0 Å². The van der Waals surface area contributed by atoms with Gasteiger partial charge in [-0.15, -0.1) is 0 Å². The second kappa shape index (κ2) is 12.3. The topological polar surface area (TPSA) is 96.0 Å². The van der Waals surface area contributed by atoms with E-state index in [9.17, 15) is 18.3 Å². The summed E-state index contributed by atoms with van der Waals surface area (Å²) in [6.07, 6.45) is -3.65. The first-order valence-corrected chi connectivity index (χ1v) is 12.7. The summed E-state index contributed by atoms with van der Waals surface area (Å²) in [5, 5.41) is 21.3. The number of benzene rings is 3. The highest BCUT2D eigenvalue weighted by Crippen LogP contribution is 2.41. The Balaban J connectivity index is 0.000000470. The number of carbonyl (C=O) groups is 1. The lowest BCUT2D eigenvalue weighted by Crippen LogP contribution is -2.53. The minimum atomic E-state index is -5.08. The van der Waals surface area contributed by atoms with E-state index in [1.807, 2.05) is 36.4 Å². The third kappa shape index (κ3) is 6.81. The van der Waals surface area contributed by atoms with Crippen LogP contribution in [0.2, 0.25) is 0 Å². The highest BCUT2D eigenvalue weighted by molar-refractivity contribution is 5.91. The maximum Gasteiger partial charge on any atom is 0.490 e. The third-order valence-electron chi connectivity index (χ3n) is 6.37. The van der Waals surface area contributed by atoms with Gasteiger partial charge in [-0.1, -0.05) is 48.5 Å². The van der Waals surface area contributed by atoms with Crippen LogP contribution in [0.3, 0.4) is 0 Å². The Kier molecular flexibility index (Phi) is 8.79. The number of hydrogen-bond acceptors (Lipinski definition) is 6. The Morgan fingerprint density at radius 2 is 1.62 bits per heavy atom. The number of halogens is 3. The number of rotatable bonds is 7. The van der Waals surface area contributed by atoms with Crippen LogP contribution >= 0.6 is 0 Å². The molecule has 1 fully saturated rings. The highest BCUT2D eigenvalue weighted by Gasteiger charge is 2.38. The van der Waals surface area contributed by atoms with E-state index in [4.69, 9.17) is 19.2 Å². The lowest BCUT2D eigenvalue weighted by atomic mass is 9.94.